The average molecular weight is 294 g/mol. The van der Waals surface area contributed by atoms with Gasteiger partial charge in [-0.1, -0.05) is 6.07 Å². The predicted octanol–water partition coefficient (Wildman–Crippen LogP) is 2.09. The van der Waals surface area contributed by atoms with Crippen molar-refractivity contribution in [3.63, 3.8) is 0 Å². The highest BCUT2D eigenvalue weighted by Crippen LogP contribution is 2.25. The van der Waals surface area contributed by atoms with Crippen LogP contribution in [0.15, 0.2) is 30.5 Å². The van der Waals surface area contributed by atoms with E-state index in [0.717, 1.165) is 0 Å². The summed E-state index contributed by atoms with van der Waals surface area (Å²) in [5.41, 5.74) is 0.673. The number of rotatable bonds is 6. The van der Waals surface area contributed by atoms with E-state index in [1.165, 1.54) is 7.11 Å². The summed E-state index contributed by atoms with van der Waals surface area (Å²) < 4.78 is 29.1. The molecule has 0 aliphatic heterocycles. The first-order valence-electron chi connectivity index (χ1n) is 6.17. The van der Waals surface area contributed by atoms with Crippen molar-refractivity contribution in [2.75, 3.05) is 14.0 Å². The monoisotopic (exact) mass is 294 g/mol. The molecule has 21 heavy (non-hydrogen) atoms. The number of hydrogen-bond donors (Lipinski definition) is 0. The summed E-state index contributed by atoms with van der Waals surface area (Å²) in [6.45, 7) is -0.987. The Morgan fingerprint density at radius 2 is 2.14 bits per heavy atom. The van der Waals surface area contributed by atoms with Gasteiger partial charge in [0, 0.05) is 24.9 Å². The van der Waals surface area contributed by atoms with Crippen molar-refractivity contribution in [2.45, 2.75) is 6.61 Å². The molecule has 0 atom stereocenters. The van der Waals surface area contributed by atoms with E-state index in [4.69, 9.17) is 14.2 Å². The molecule has 7 heteroatoms. The Balaban J connectivity index is 2.27. The summed E-state index contributed by atoms with van der Waals surface area (Å²) >= 11 is 0. The molecule has 0 aliphatic rings. The molecule has 1 heterocycles. The normalized spacial score (nSPS) is 10.2. The number of ether oxygens (including phenoxy) is 3. The van der Waals surface area contributed by atoms with Gasteiger partial charge in [0.05, 0.1) is 12.7 Å². The largest absolute Gasteiger partial charge is 0.472 e. The van der Waals surface area contributed by atoms with Crippen LogP contribution in [0.2, 0.25) is 0 Å². The van der Waals surface area contributed by atoms with Gasteiger partial charge in [0.2, 0.25) is 12.7 Å². The third kappa shape index (κ3) is 3.50. The first kappa shape index (κ1) is 14.8. The maximum atomic E-state index is 12.4. The summed E-state index contributed by atoms with van der Waals surface area (Å²) in [5, 5.41) is 4.06. The predicted molar refractivity (Wildman–Crippen MR) is 71.9 cm³/mol. The number of nitrogens with zero attached hydrogens (tertiary/aromatic N) is 2. The van der Waals surface area contributed by atoms with Crippen molar-refractivity contribution in [2.24, 2.45) is 7.05 Å². The van der Waals surface area contributed by atoms with E-state index in [9.17, 15) is 9.18 Å². The summed E-state index contributed by atoms with van der Waals surface area (Å²) in [4.78, 5) is 11.8. The fourth-order valence-electron chi connectivity index (χ4n) is 1.83. The minimum absolute atomic E-state index is 0.0115. The molecule has 0 fully saturated rings. The Morgan fingerprint density at radius 3 is 2.76 bits per heavy atom. The van der Waals surface area contributed by atoms with Crippen LogP contribution >= 0.6 is 0 Å². The highest BCUT2D eigenvalue weighted by Gasteiger charge is 2.17. The molecule has 0 radical (unpaired) electrons. The first-order valence-corrected chi connectivity index (χ1v) is 6.17. The molecule has 0 amide bonds. The van der Waals surface area contributed by atoms with Crippen LogP contribution in [-0.4, -0.2) is 29.7 Å². The van der Waals surface area contributed by atoms with E-state index in [1.54, 1.807) is 42.2 Å². The van der Waals surface area contributed by atoms with Crippen LogP contribution < -0.4 is 9.47 Å². The minimum Gasteiger partial charge on any atom is -0.472 e. The minimum atomic E-state index is -0.999. The molecule has 0 saturated carbocycles. The van der Waals surface area contributed by atoms with E-state index in [-0.39, 0.29) is 17.9 Å². The summed E-state index contributed by atoms with van der Waals surface area (Å²) in [6.07, 6.45) is 1.72. The number of esters is 1. The summed E-state index contributed by atoms with van der Waals surface area (Å²) in [6, 6.07) is 6.38. The number of methoxy groups -OCH3 is 1. The van der Waals surface area contributed by atoms with E-state index < -0.39 is 12.8 Å². The molecule has 0 aliphatic carbocycles. The van der Waals surface area contributed by atoms with Crippen LogP contribution in [0, 0.1) is 0 Å². The Bertz CT molecular complexity index is 627. The zero-order valence-corrected chi connectivity index (χ0v) is 11.7. The number of aryl methyl sites for hydroxylation is 1. The van der Waals surface area contributed by atoms with E-state index in [0.29, 0.717) is 11.4 Å². The highest BCUT2D eigenvalue weighted by molar-refractivity contribution is 5.91. The third-order valence-corrected chi connectivity index (χ3v) is 2.80. The van der Waals surface area contributed by atoms with E-state index in [2.05, 4.69) is 5.10 Å². The molecule has 0 bridgehead atoms. The van der Waals surface area contributed by atoms with Gasteiger partial charge in [0.25, 0.3) is 0 Å². The van der Waals surface area contributed by atoms with Crippen molar-refractivity contribution < 1.29 is 23.4 Å². The maximum Gasteiger partial charge on any atom is 0.338 e. The maximum absolute atomic E-state index is 12.4. The SMILES string of the molecule is COC(=O)c1cccc(OCF)c1COc1ccn(C)n1. The molecular formula is C14H15FN2O4. The van der Waals surface area contributed by atoms with Gasteiger partial charge in [-0.15, -0.1) is 5.10 Å². The van der Waals surface area contributed by atoms with E-state index in [1.807, 2.05) is 0 Å². The molecule has 112 valence electrons. The van der Waals surface area contributed by atoms with Crippen molar-refractivity contribution in [1.29, 1.82) is 0 Å². The quantitative estimate of drug-likeness (QED) is 0.763. The fraction of sp³-hybridized carbons (Fsp3) is 0.286. The molecule has 1 aromatic heterocycles. The topological polar surface area (TPSA) is 62.6 Å². The van der Waals surface area contributed by atoms with Crippen LogP contribution in [0.1, 0.15) is 15.9 Å². The summed E-state index contributed by atoms with van der Waals surface area (Å²) in [5.74, 6) is 0.0821. The van der Waals surface area contributed by atoms with Gasteiger partial charge in [-0.2, -0.15) is 0 Å². The highest BCUT2D eigenvalue weighted by atomic mass is 19.1. The van der Waals surface area contributed by atoms with Crippen molar-refractivity contribution in [3.8, 4) is 11.6 Å². The number of benzene rings is 1. The number of aromatic nitrogens is 2. The zero-order valence-electron chi connectivity index (χ0n) is 11.7. The fourth-order valence-corrected chi connectivity index (χ4v) is 1.83. The second-order valence-corrected chi connectivity index (χ2v) is 4.14. The van der Waals surface area contributed by atoms with Crippen molar-refractivity contribution in [1.82, 2.24) is 9.78 Å². The Labute approximate surface area is 121 Å². The van der Waals surface area contributed by atoms with Gasteiger partial charge in [0.15, 0.2) is 0 Å². The Kier molecular flexibility index (Phi) is 4.76. The van der Waals surface area contributed by atoms with Crippen molar-refractivity contribution in [3.05, 3.63) is 41.6 Å². The zero-order chi connectivity index (χ0) is 15.2. The van der Waals surface area contributed by atoms with Gasteiger partial charge in [-0.3, -0.25) is 4.68 Å². The first-order chi connectivity index (χ1) is 10.2. The van der Waals surface area contributed by atoms with Gasteiger partial charge in [0.1, 0.15) is 12.4 Å². The second kappa shape index (κ2) is 6.74. The van der Waals surface area contributed by atoms with Gasteiger partial charge < -0.3 is 14.2 Å². The lowest BCUT2D eigenvalue weighted by atomic mass is 10.1. The van der Waals surface area contributed by atoms with Gasteiger partial charge in [-0.05, 0) is 12.1 Å². The molecule has 0 N–H and O–H groups in total. The lowest BCUT2D eigenvalue weighted by Gasteiger charge is -2.13. The molecule has 2 rings (SSSR count). The second-order valence-electron chi connectivity index (χ2n) is 4.14. The van der Waals surface area contributed by atoms with Crippen molar-refractivity contribution >= 4 is 5.97 Å². The van der Waals surface area contributed by atoms with Crippen LogP contribution in [0.4, 0.5) is 4.39 Å². The van der Waals surface area contributed by atoms with Crippen LogP contribution in [-0.2, 0) is 18.4 Å². The molecule has 2 aromatic rings. The summed E-state index contributed by atoms with van der Waals surface area (Å²) in [7, 11) is 3.03. The molecule has 1 aromatic carbocycles. The smallest absolute Gasteiger partial charge is 0.338 e. The number of carbonyl (C=O) groups excluding carboxylic acids is 1. The number of hydrogen-bond acceptors (Lipinski definition) is 5. The average Bonchev–Trinajstić information content (AvgIpc) is 2.91. The van der Waals surface area contributed by atoms with Crippen LogP contribution in [0.5, 0.6) is 11.6 Å². The van der Waals surface area contributed by atoms with Gasteiger partial charge in [-0.25, -0.2) is 9.18 Å². The third-order valence-electron chi connectivity index (χ3n) is 2.80. The Hall–Kier alpha value is -2.57. The number of halogens is 1. The Morgan fingerprint density at radius 1 is 1.33 bits per heavy atom. The number of carbonyl (C=O) groups is 1. The van der Waals surface area contributed by atoms with Crippen LogP contribution in [0.3, 0.4) is 0 Å². The molecule has 0 spiro atoms. The molecule has 0 saturated heterocycles. The standard InChI is InChI=1S/C14H15FN2O4/c1-17-7-6-13(16-17)20-8-11-10(14(18)19-2)4-3-5-12(11)21-9-15/h3-7H,8-9H2,1-2H3. The lowest BCUT2D eigenvalue weighted by Crippen LogP contribution is -2.10. The van der Waals surface area contributed by atoms with Crippen LogP contribution in [0.25, 0.3) is 0 Å². The molecule has 6 nitrogen and oxygen atoms in total. The molecule has 0 unspecified atom stereocenters. The van der Waals surface area contributed by atoms with E-state index >= 15 is 0 Å². The lowest BCUT2D eigenvalue weighted by molar-refractivity contribution is 0.0596. The number of alkyl halides is 1. The molecular weight excluding hydrogens is 279 g/mol. The van der Waals surface area contributed by atoms with Gasteiger partial charge >= 0.3 is 5.97 Å².